The summed E-state index contributed by atoms with van der Waals surface area (Å²) in [5.74, 6) is 0.517. The van der Waals surface area contributed by atoms with E-state index in [1.165, 1.54) is 0 Å². The van der Waals surface area contributed by atoms with Crippen molar-refractivity contribution in [3.63, 3.8) is 0 Å². The summed E-state index contributed by atoms with van der Waals surface area (Å²) in [6.07, 6.45) is 0. The first-order valence-electron chi connectivity index (χ1n) is 5.51. The number of aliphatic hydroxyl groups is 1. The SMILES string of the molecule is O[C@@]1(c2ccccc2)N=C(Cl)Oc2ccccc21. The summed E-state index contributed by atoms with van der Waals surface area (Å²) in [5, 5.41) is 10.7. The summed E-state index contributed by atoms with van der Waals surface area (Å²) in [7, 11) is 0. The van der Waals surface area contributed by atoms with Crippen LogP contribution in [0, 0.1) is 0 Å². The summed E-state index contributed by atoms with van der Waals surface area (Å²) in [6.45, 7) is 0. The van der Waals surface area contributed by atoms with E-state index in [0.717, 1.165) is 0 Å². The van der Waals surface area contributed by atoms with Gasteiger partial charge in [0.15, 0.2) is 0 Å². The first-order chi connectivity index (χ1) is 8.70. The van der Waals surface area contributed by atoms with E-state index in [2.05, 4.69) is 4.99 Å². The molecule has 0 aliphatic carbocycles. The van der Waals surface area contributed by atoms with E-state index < -0.39 is 5.72 Å². The molecule has 4 heteroatoms. The predicted octanol–water partition coefficient (Wildman–Crippen LogP) is 2.87. The Morgan fingerprint density at radius 2 is 1.67 bits per heavy atom. The highest BCUT2D eigenvalue weighted by molar-refractivity contribution is 6.63. The maximum absolute atomic E-state index is 10.8. The third-order valence-electron chi connectivity index (χ3n) is 2.88. The van der Waals surface area contributed by atoms with E-state index in [0.29, 0.717) is 16.9 Å². The van der Waals surface area contributed by atoms with Crippen molar-refractivity contribution in [2.24, 2.45) is 4.99 Å². The van der Waals surface area contributed by atoms with Crippen molar-refractivity contribution in [2.45, 2.75) is 5.72 Å². The number of hydrogen-bond acceptors (Lipinski definition) is 3. The summed E-state index contributed by atoms with van der Waals surface area (Å²) in [6, 6.07) is 16.3. The summed E-state index contributed by atoms with van der Waals surface area (Å²) in [5.41, 5.74) is -0.257. The predicted molar refractivity (Wildman–Crippen MR) is 69.8 cm³/mol. The van der Waals surface area contributed by atoms with Crippen LogP contribution >= 0.6 is 11.6 Å². The molecule has 0 saturated heterocycles. The molecule has 1 aliphatic heterocycles. The van der Waals surface area contributed by atoms with Gasteiger partial charge in [0, 0.05) is 5.56 Å². The van der Waals surface area contributed by atoms with Crippen molar-refractivity contribution < 1.29 is 9.84 Å². The molecule has 0 radical (unpaired) electrons. The smallest absolute Gasteiger partial charge is 0.291 e. The van der Waals surface area contributed by atoms with Crippen LogP contribution in [-0.2, 0) is 5.72 Å². The molecule has 3 rings (SSSR count). The standard InChI is InChI=1S/C14H10ClNO2/c15-13-16-14(17,10-6-2-1-3-7-10)11-8-4-5-9-12(11)18-13/h1-9,17H/t14-/m1/s1. The molecule has 1 heterocycles. The quantitative estimate of drug-likeness (QED) is 0.856. The number of aliphatic imine (C=N–C) groups is 1. The van der Waals surface area contributed by atoms with Crippen molar-refractivity contribution in [1.82, 2.24) is 0 Å². The molecule has 1 N–H and O–H groups in total. The minimum Gasteiger partial charge on any atom is -0.430 e. The van der Waals surface area contributed by atoms with Gasteiger partial charge in [0.2, 0.25) is 5.72 Å². The lowest BCUT2D eigenvalue weighted by Crippen LogP contribution is -2.31. The average molecular weight is 260 g/mol. The third kappa shape index (κ3) is 1.68. The molecule has 2 aromatic carbocycles. The van der Waals surface area contributed by atoms with Gasteiger partial charge in [-0.1, -0.05) is 48.5 Å². The summed E-state index contributed by atoms with van der Waals surface area (Å²) in [4.78, 5) is 4.04. The van der Waals surface area contributed by atoms with Crippen LogP contribution in [0.3, 0.4) is 0 Å². The van der Waals surface area contributed by atoms with Gasteiger partial charge in [0.05, 0.1) is 5.56 Å². The molecule has 3 nitrogen and oxygen atoms in total. The van der Waals surface area contributed by atoms with Gasteiger partial charge in [-0.2, -0.15) is 4.99 Å². The Morgan fingerprint density at radius 1 is 1.00 bits per heavy atom. The minimum atomic E-state index is -1.49. The van der Waals surface area contributed by atoms with E-state index in [1.54, 1.807) is 24.3 Å². The van der Waals surface area contributed by atoms with Gasteiger partial charge in [0.1, 0.15) is 5.75 Å². The molecule has 18 heavy (non-hydrogen) atoms. The van der Waals surface area contributed by atoms with Crippen LogP contribution in [0.2, 0.25) is 0 Å². The zero-order chi connectivity index (χ0) is 12.6. The number of para-hydroxylation sites is 1. The van der Waals surface area contributed by atoms with Gasteiger partial charge in [-0.15, -0.1) is 0 Å². The number of rotatable bonds is 1. The third-order valence-corrected chi connectivity index (χ3v) is 3.04. The zero-order valence-electron chi connectivity index (χ0n) is 9.38. The second-order valence-electron chi connectivity index (χ2n) is 4.00. The highest BCUT2D eigenvalue weighted by Crippen LogP contribution is 2.40. The molecule has 0 amide bonds. The lowest BCUT2D eigenvalue weighted by atomic mass is 9.94. The largest absolute Gasteiger partial charge is 0.430 e. The van der Waals surface area contributed by atoms with E-state index in [9.17, 15) is 5.11 Å². The molecule has 90 valence electrons. The van der Waals surface area contributed by atoms with Crippen LogP contribution in [0.25, 0.3) is 0 Å². The molecular formula is C14H10ClNO2. The molecule has 0 bridgehead atoms. The summed E-state index contributed by atoms with van der Waals surface area (Å²) < 4.78 is 5.30. The Morgan fingerprint density at radius 3 is 2.44 bits per heavy atom. The molecule has 0 aromatic heterocycles. The number of halogens is 1. The van der Waals surface area contributed by atoms with E-state index >= 15 is 0 Å². The van der Waals surface area contributed by atoms with Crippen LogP contribution < -0.4 is 4.74 Å². The van der Waals surface area contributed by atoms with Gasteiger partial charge >= 0.3 is 0 Å². The molecule has 0 fully saturated rings. The number of benzene rings is 2. The minimum absolute atomic E-state index is 0.0694. The number of hydrogen-bond donors (Lipinski definition) is 1. The molecule has 1 atom stereocenters. The second kappa shape index (κ2) is 4.12. The van der Waals surface area contributed by atoms with Crippen LogP contribution in [0.15, 0.2) is 59.6 Å². The lowest BCUT2D eigenvalue weighted by molar-refractivity contribution is 0.0827. The van der Waals surface area contributed by atoms with Gasteiger partial charge in [0.25, 0.3) is 5.36 Å². The van der Waals surface area contributed by atoms with Crippen LogP contribution in [-0.4, -0.2) is 10.5 Å². The molecular weight excluding hydrogens is 250 g/mol. The van der Waals surface area contributed by atoms with Crippen molar-refractivity contribution >= 4 is 17.0 Å². The molecule has 1 aliphatic rings. The van der Waals surface area contributed by atoms with E-state index in [1.807, 2.05) is 30.3 Å². The monoisotopic (exact) mass is 259 g/mol. The van der Waals surface area contributed by atoms with Crippen molar-refractivity contribution in [3.8, 4) is 5.75 Å². The van der Waals surface area contributed by atoms with Crippen molar-refractivity contribution in [2.75, 3.05) is 0 Å². The molecule has 0 unspecified atom stereocenters. The highest BCUT2D eigenvalue weighted by atomic mass is 35.5. The van der Waals surface area contributed by atoms with Crippen LogP contribution in [0.4, 0.5) is 0 Å². The van der Waals surface area contributed by atoms with Gasteiger partial charge in [-0.05, 0) is 17.7 Å². The van der Waals surface area contributed by atoms with E-state index in [-0.39, 0.29) is 5.36 Å². The number of nitrogens with zero attached hydrogens (tertiary/aromatic N) is 1. The number of fused-ring (bicyclic) bond motifs is 1. The Kier molecular flexibility index (Phi) is 2.58. The van der Waals surface area contributed by atoms with Gasteiger partial charge in [-0.25, -0.2) is 0 Å². The van der Waals surface area contributed by atoms with Crippen molar-refractivity contribution in [1.29, 1.82) is 0 Å². The normalized spacial score (nSPS) is 21.8. The highest BCUT2D eigenvalue weighted by Gasteiger charge is 2.37. The Balaban J connectivity index is 2.24. The lowest BCUT2D eigenvalue weighted by Gasteiger charge is -2.30. The first kappa shape index (κ1) is 11.3. The molecule has 0 spiro atoms. The fourth-order valence-electron chi connectivity index (χ4n) is 2.04. The average Bonchev–Trinajstić information content (AvgIpc) is 2.39. The van der Waals surface area contributed by atoms with E-state index in [4.69, 9.17) is 16.3 Å². The summed E-state index contributed by atoms with van der Waals surface area (Å²) >= 11 is 5.85. The van der Waals surface area contributed by atoms with Crippen LogP contribution in [0.5, 0.6) is 5.75 Å². The maximum Gasteiger partial charge on any atom is 0.291 e. The second-order valence-corrected chi connectivity index (χ2v) is 4.32. The fraction of sp³-hybridized carbons (Fsp3) is 0.0714. The van der Waals surface area contributed by atoms with Crippen molar-refractivity contribution in [3.05, 3.63) is 65.7 Å². The van der Waals surface area contributed by atoms with Crippen LogP contribution in [0.1, 0.15) is 11.1 Å². The Bertz CT molecular complexity index is 612. The van der Waals surface area contributed by atoms with Gasteiger partial charge < -0.3 is 9.84 Å². The fourth-order valence-corrected chi connectivity index (χ4v) is 2.24. The topological polar surface area (TPSA) is 41.8 Å². The zero-order valence-corrected chi connectivity index (χ0v) is 10.1. The first-order valence-corrected chi connectivity index (χ1v) is 5.88. The van der Waals surface area contributed by atoms with Gasteiger partial charge in [-0.3, -0.25) is 0 Å². The maximum atomic E-state index is 10.8. The molecule has 2 aromatic rings. The molecule has 0 saturated carbocycles. The number of ether oxygens (including phenoxy) is 1. The Labute approximate surface area is 109 Å². The Hall–Kier alpha value is -1.84.